The molecule has 1 unspecified atom stereocenters. The van der Waals surface area contributed by atoms with Gasteiger partial charge in [0.05, 0.1) is 15.7 Å². The zero-order chi connectivity index (χ0) is 18.7. The molecule has 0 saturated carbocycles. The third kappa shape index (κ3) is 3.80. The van der Waals surface area contributed by atoms with Gasteiger partial charge >= 0.3 is 0 Å². The van der Waals surface area contributed by atoms with E-state index in [0.29, 0.717) is 16.8 Å². The minimum Gasteiger partial charge on any atom is -0.450 e. The first-order valence-corrected chi connectivity index (χ1v) is 9.18. The van der Waals surface area contributed by atoms with Crippen molar-refractivity contribution in [1.29, 1.82) is 0 Å². The van der Waals surface area contributed by atoms with Crippen molar-refractivity contribution < 1.29 is 14.0 Å². The number of amides is 2. The summed E-state index contributed by atoms with van der Waals surface area (Å²) in [6.45, 7) is 3.93. The van der Waals surface area contributed by atoms with E-state index in [4.69, 9.17) is 4.42 Å². The Kier molecular flexibility index (Phi) is 5.42. The molecule has 2 amide bonds. The van der Waals surface area contributed by atoms with E-state index in [2.05, 4.69) is 26.6 Å². The molecule has 0 saturated heterocycles. The Morgan fingerprint density at radius 1 is 1.12 bits per heavy atom. The van der Waals surface area contributed by atoms with E-state index in [1.54, 1.807) is 30.3 Å². The van der Waals surface area contributed by atoms with Gasteiger partial charge in [0.25, 0.3) is 11.8 Å². The summed E-state index contributed by atoms with van der Waals surface area (Å²) in [7, 11) is 0. The molecule has 3 aromatic rings. The van der Waals surface area contributed by atoms with Crippen molar-refractivity contribution in [2.75, 3.05) is 5.32 Å². The van der Waals surface area contributed by atoms with Gasteiger partial charge in [-0.3, -0.25) is 9.59 Å². The molecule has 0 fully saturated rings. The zero-order valence-electron chi connectivity index (χ0n) is 14.5. The van der Waals surface area contributed by atoms with Crippen LogP contribution in [0.2, 0.25) is 0 Å². The highest BCUT2D eigenvalue weighted by molar-refractivity contribution is 9.10. The molecule has 0 spiro atoms. The lowest BCUT2D eigenvalue weighted by molar-refractivity contribution is 0.0940. The third-order valence-corrected chi connectivity index (χ3v) is 4.75. The van der Waals surface area contributed by atoms with Gasteiger partial charge in [0, 0.05) is 11.4 Å². The molecule has 1 heterocycles. The fraction of sp³-hybridized carbons (Fsp3) is 0.200. The van der Waals surface area contributed by atoms with Crippen molar-refractivity contribution in [3.05, 3.63) is 64.3 Å². The number of para-hydroxylation sites is 2. The van der Waals surface area contributed by atoms with Gasteiger partial charge < -0.3 is 15.1 Å². The average Bonchev–Trinajstić information content (AvgIpc) is 3.08. The highest BCUT2D eigenvalue weighted by Gasteiger charge is 2.18. The van der Waals surface area contributed by atoms with Crippen molar-refractivity contribution in [3.63, 3.8) is 0 Å². The molecule has 0 aliphatic carbocycles. The number of carbonyl (C=O) groups excluding carboxylic acids is 2. The Morgan fingerprint density at radius 2 is 1.88 bits per heavy atom. The van der Waals surface area contributed by atoms with Crippen LogP contribution < -0.4 is 10.6 Å². The quantitative estimate of drug-likeness (QED) is 0.618. The number of halogens is 1. The van der Waals surface area contributed by atoms with E-state index in [0.717, 1.165) is 16.3 Å². The van der Waals surface area contributed by atoms with E-state index >= 15 is 0 Å². The fourth-order valence-corrected chi connectivity index (χ4v) is 2.98. The lowest BCUT2D eigenvalue weighted by Crippen LogP contribution is -2.32. The SMILES string of the molecule is CCC(C)NC(=O)c1ccccc1NC(=O)c1cc2cccc(Br)c2o1. The number of carbonyl (C=O) groups is 2. The Balaban J connectivity index is 1.85. The molecule has 26 heavy (non-hydrogen) atoms. The maximum Gasteiger partial charge on any atom is 0.291 e. The Labute approximate surface area is 159 Å². The summed E-state index contributed by atoms with van der Waals surface area (Å²) in [6.07, 6.45) is 0.828. The van der Waals surface area contributed by atoms with E-state index in [9.17, 15) is 9.59 Å². The molecule has 0 bridgehead atoms. The molecule has 0 aliphatic heterocycles. The van der Waals surface area contributed by atoms with Crippen LogP contribution in [0.5, 0.6) is 0 Å². The molecule has 2 aromatic carbocycles. The number of rotatable bonds is 5. The second kappa shape index (κ2) is 7.74. The van der Waals surface area contributed by atoms with Crippen molar-refractivity contribution in [2.45, 2.75) is 26.3 Å². The normalized spacial score (nSPS) is 12.0. The van der Waals surface area contributed by atoms with Crippen LogP contribution >= 0.6 is 15.9 Å². The number of hydrogen-bond donors (Lipinski definition) is 2. The highest BCUT2D eigenvalue weighted by Crippen LogP contribution is 2.27. The smallest absolute Gasteiger partial charge is 0.291 e. The summed E-state index contributed by atoms with van der Waals surface area (Å²) in [6, 6.07) is 14.2. The van der Waals surface area contributed by atoms with E-state index < -0.39 is 5.91 Å². The van der Waals surface area contributed by atoms with Gasteiger partial charge in [0.15, 0.2) is 5.76 Å². The van der Waals surface area contributed by atoms with Gasteiger partial charge in [-0.15, -0.1) is 0 Å². The topological polar surface area (TPSA) is 71.3 Å². The molecular formula is C20H19BrN2O3. The molecule has 2 N–H and O–H groups in total. The molecular weight excluding hydrogens is 396 g/mol. The monoisotopic (exact) mass is 414 g/mol. The molecule has 0 radical (unpaired) electrons. The van der Waals surface area contributed by atoms with Crippen LogP contribution in [-0.2, 0) is 0 Å². The molecule has 5 nitrogen and oxygen atoms in total. The summed E-state index contributed by atoms with van der Waals surface area (Å²) in [5.74, 6) is -0.441. The Hall–Kier alpha value is -2.60. The van der Waals surface area contributed by atoms with Gasteiger partial charge in [-0.05, 0) is 53.5 Å². The van der Waals surface area contributed by atoms with Crippen LogP contribution in [0.25, 0.3) is 11.0 Å². The minimum atomic E-state index is -0.406. The molecule has 6 heteroatoms. The number of hydrogen-bond acceptors (Lipinski definition) is 3. The van der Waals surface area contributed by atoms with Crippen LogP contribution in [0.15, 0.2) is 57.4 Å². The number of nitrogens with one attached hydrogen (secondary N) is 2. The van der Waals surface area contributed by atoms with Gasteiger partial charge in [0.1, 0.15) is 5.58 Å². The number of furan rings is 1. The van der Waals surface area contributed by atoms with Crippen molar-refractivity contribution in [1.82, 2.24) is 5.32 Å². The largest absolute Gasteiger partial charge is 0.450 e. The number of benzene rings is 2. The predicted octanol–water partition coefficient (Wildman–Crippen LogP) is 4.98. The van der Waals surface area contributed by atoms with Crippen molar-refractivity contribution >= 4 is 44.4 Å². The minimum absolute atomic E-state index is 0.0546. The molecule has 3 rings (SSSR count). The zero-order valence-corrected chi connectivity index (χ0v) is 16.1. The van der Waals surface area contributed by atoms with E-state index in [1.165, 1.54) is 0 Å². The summed E-state index contributed by atoms with van der Waals surface area (Å²) in [5.41, 5.74) is 1.47. The van der Waals surface area contributed by atoms with Gasteiger partial charge in [-0.2, -0.15) is 0 Å². The Morgan fingerprint density at radius 3 is 2.62 bits per heavy atom. The molecule has 1 atom stereocenters. The predicted molar refractivity (Wildman–Crippen MR) is 106 cm³/mol. The van der Waals surface area contributed by atoms with E-state index in [1.807, 2.05) is 32.0 Å². The molecule has 0 aliphatic rings. The van der Waals surface area contributed by atoms with Crippen LogP contribution in [0.3, 0.4) is 0 Å². The average molecular weight is 415 g/mol. The van der Waals surface area contributed by atoms with Crippen LogP contribution in [0, 0.1) is 0 Å². The molecule has 1 aromatic heterocycles. The first kappa shape index (κ1) is 18.2. The summed E-state index contributed by atoms with van der Waals surface area (Å²) >= 11 is 3.41. The van der Waals surface area contributed by atoms with Crippen molar-refractivity contribution in [3.8, 4) is 0 Å². The van der Waals surface area contributed by atoms with Gasteiger partial charge in [-0.25, -0.2) is 0 Å². The first-order chi connectivity index (χ1) is 12.5. The number of fused-ring (bicyclic) bond motifs is 1. The van der Waals surface area contributed by atoms with Crippen LogP contribution in [-0.4, -0.2) is 17.9 Å². The second-order valence-corrected chi connectivity index (χ2v) is 6.91. The number of anilines is 1. The summed E-state index contributed by atoms with van der Waals surface area (Å²) in [4.78, 5) is 25.0. The van der Waals surface area contributed by atoms with Gasteiger partial charge in [0.2, 0.25) is 0 Å². The third-order valence-electron chi connectivity index (χ3n) is 4.13. The standard InChI is InChI=1S/C20H19BrN2O3/c1-3-12(2)22-19(24)14-8-4-5-10-16(14)23-20(25)17-11-13-7-6-9-15(21)18(13)26-17/h4-12H,3H2,1-2H3,(H,22,24)(H,23,25). The first-order valence-electron chi connectivity index (χ1n) is 8.39. The summed E-state index contributed by atoms with van der Waals surface area (Å²) < 4.78 is 6.44. The van der Waals surface area contributed by atoms with Crippen molar-refractivity contribution in [2.24, 2.45) is 0 Å². The molecule has 134 valence electrons. The highest BCUT2D eigenvalue weighted by atomic mass is 79.9. The summed E-state index contributed by atoms with van der Waals surface area (Å²) in [5, 5.41) is 6.51. The second-order valence-electron chi connectivity index (χ2n) is 6.05. The van der Waals surface area contributed by atoms with Crippen LogP contribution in [0.4, 0.5) is 5.69 Å². The lowest BCUT2D eigenvalue weighted by Gasteiger charge is -2.14. The maximum atomic E-state index is 12.6. The van der Waals surface area contributed by atoms with E-state index in [-0.39, 0.29) is 17.7 Å². The van der Waals surface area contributed by atoms with Gasteiger partial charge in [-0.1, -0.05) is 31.2 Å². The maximum absolute atomic E-state index is 12.6. The fourth-order valence-electron chi connectivity index (χ4n) is 2.52. The Bertz CT molecular complexity index is 965. The van der Waals surface area contributed by atoms with Crippen LogP contribution in [0.1, 0.15) is 41.2 Å². The lowest BCUT2D eigenvalue weighted by atomic mass is 10.1.